The van der Waals surface area contributed by atoms with Crippen molar-refractivity contribution >= 4 is 29.3 Å². The van der Waals surface area contributed by atoms with E-state index in [1.54, 1.807) is 18.2 Å². The van der Waals surface area contributed by atoms with Gasteiger partial charge in [-0.3, -0.25) is 14.5 Å². The molecule has 1 atom stereocenters. The van der Waals surface area contributed by atoms with Crippen molar-refractivity contribution in [3.63, 3.8) is 0 Å². The zero-order valence-electron chi connectivity index (χ0n) is 16.3. The molecule has 0 aliphatic rings. The number of aryl methyl sites for hydroxylation is 1. The summed E-state index contributed by atoms with van der Waals surface area (Å²) in [6.07, 6.45) is 4.84. The van der Waals surface area contributed by atoms with E-state index in [1.807, 2.05) is 38.3 Å². The Hall–Kier alpha value is -2.60. The van der Waals surface area contributed by atoms with E-state index in [-0.39, 0.29) is 12.3 Å². The lowest BCUT2D eigenvalue weighted by molar-refractivity contribution is -0.124. The Kier molecular flexibility index (Phi) is 7.81. The molecule has 0 spiro atoms. The van der Waals surface area contributed by atoms with Gasteiger partial charge in [0, 0.05) is 5.69 Å². The van der Waals surface area contributed by atoms with Gasteiger partial charge in [0.15, 0.2) is 0 Å². The first kappa shape index (κ1) is 21.7. The van der Waals surface area contributed by atoms with Crippen molar-refractivity contribution in [2.75, 3.05) is 11.2 Å². The second kappa shape index (κ2) is 10.1. The fourth-order valence-corrected chi connectivity index (χ4v) is 3.66. The number of para-hydroxylation sites is 1. The summed E-state index contributed by atoms with van der Waals surface area (Å²) in [6.45, 7) is 3.86. The molecule has 2 aromatic carbocycles. The van der Waals surface area contributed by atoms with Crippen LogP contribution in [0.5, 0.6) is 0 Å². The fourth-order valence-electron chi connectivity index (χ4n) is 3.06. The molecule has 28 heavy (non-hydrogen) atoms. The minimum atomic E-state index is -1.10. The van der Waals surface area contributed by atoms with E-state index in [0.717, 1.165) is 16.9 Å². The maximum Gasteiger partial charge on any atom is 0.245 e. The molecule has 2 amide bonds. The zero-order chi connectivity index (χ0) is 20.7. The van der Waals surface area contributed by atoms with Crippen LogP contribution < -0.4 is 10.6 Å². The van der Waals surface area contributed by atoms with E-state index in [9.17, 15) is 14.0 Å². The number of allylic oxidation sites excluding steroid dienone is 1. The monoisotopic (exact) mass is 400 g/mol. The van der Waals surface area contributed by atoms with Gasteiger partial charge in [0.2, 0.25) is 11.8 Å². The topological polar surface area (TPSA) is 63.4 Å². The van der Waals surface area contributed by atoms with Gasteiger partial charge in [-0.2, -0.15) is 0 Å². The standard InChI is InChI=1S/C22H25FN2O2S/c1-4-8-18(28-3)14-20(26)25(19-12-6-5-9-15(19)2)21(22(24)27)16-10-7-11-17(23)13-16/h5-13,21H,4,14H2,1-3H3,(H2,24,27)/b18-8-. The van der Waals surface area contributed by atoms with Gasteiger partial charge in [-0.25, -0.2) is 4.39 Å². The quantitative estimate of drug-likeness (QED) is 0.696. The van der Waals surface area contributed by atoms with Crippen molar-refractivity contribution in [1.82, 2.24) is 0 Å². The largest absolute Gasteiger partial charge is 0.368 e. The molecule has 0 bridgehead atoms. The molecular weight excluding hydrogens is 375 g/mol. The number of thioether (sulfide) groups is 1. The number of nitrogens with two attached hydrogens (primary N) is 1. The van der Waals surface area contributed by atoms with Crippen LogP contribution in [0.3, 0.4) is 0 Å². The molecule has 0 saturated carbocycles. The molecule has 0 aliphatic carbocycles. The lowest BCUT2D eigenvalue weighted by Crippen LogP contribution is -2.42. The van der Waals surface area contributed by atoms with Gasteiger partial charge in [0.1, 0.15) is 11.9 Å². The van der Waals surface area contributed by atoms with Gasteiger partial charge in [0.25, 0.3) is 0 Å². The first-order valence-corrected chi connectivity index (χ1v) is 10.3. The Balaban J connectivity index is 2.59. The Morgan fingerprint density at radius 1 is 1.21 bits per heavy atom. The number of amides is 2. The molecule has 0 aliphatic heterocycles. The molecule has 4 nitrogen and oxygen atoms in total. The Morgan fingerprint density at radius 2 is 1.93 bits per heavy atom. The predicted octanol–water partition coefficient (Wildman–Crippen LogP) is 4.74. The van der Waals surface area contributed by atoms with Gasteiger partial charge < -0.3 is 5.73 Å². The maximum atomic E-state index is 13.8. The van der Waals surface area contributed by atoms with Gasteiger partial charge in [-0.15, -0.1) is 11.8 Å². The summed E-state index contributed by atoms with van der Waals surface area (Å²) in [5.74, 6) is -1.47. The lowest BCUT2D eigenvalue weighted by Gasteiger charge is -2.31. The number of carbonyl (C=O) groups excluding carboxylic acids is 2. The summed E-state index contributed by atoms with van der Waals surface area (Å²) in [5.41, 5.74) is 7.44. The van der Waals surface area contributed by atoms with Crippen LogP contribution in [0.1, 0.15) is 36.9 Å². The molecule has 0 saturated heterocycles. The number of primary amides is 1. The maximum absolute atomic E-state index is 13.8. The first-order valence-electron chi connectivity index (χ1n) is 9.04. The molecule has 0 heterocycles. The smallest absolute Gasteiger partial charge is 0.245 e. The second-order valence-corrected chi connectivity index (χ2v) is 7.30. The van der Waals surface area contributed by atoms with Crippen molar-refractivity contribution < 1.29 is 14.0 Å². The Morgan fingerprint density at radius 3 is 2.50 bits per heavy atom. The van der Waals surface area contributed by atoms with Crippen LogP contribution in [0.4, 0.5) is 10.1 Å². The van der Waals surface area contributed by atoms with Crippen LogP contribution in [0.25, 0.3) is 0 Å². The molecule has 2 aromatic rings. The number of halogens is 1. The van der Waals surface area contributed by atoms with Crippen LogP contribution >= 0.6 is 11.8 Å². The van der Waals surface area contributed by atoms with Crippen LogP contribution in [0.15, 0.2) is 59.5 Å². The molecule has 0 radical (unpaired) electrons. The fraction of sp³-hybridized carbons (Fsp3) is 0.273. The summed E-state index contributed by atoms with van der Waals surface area (Å²) in [4.78, 5) is 28.0. The molecule has 148 valence electrons. The van der Waals surface area contributed by atoms with Crippen LogP contribution in [0, 0.1) is 12.7 Å². The minimum absolute atomic E-state index is 0.141. The highest BCUT2D eigenvalue weighted by Crippen LogP contribution is 2.32. The highest BCUT2D eigenvalue weighted by molar-refractivity contribution is 8.02. The summed E-state index contributed by atoms with van der Waals surface area (Å²) < 4.78 is 13.8. The first-order chi connectivity index (χ1) is 13.4. The average Bonchev–Trinajstić information content (AvgIpc) is 2.66. The molecule has 0 fully saturated rings. The third kappa shape index (κ3) is 5.23. The summed E-state index contributed by atoms with van der Waals surface area (Å²) >= 11 is 1.50. The number of benzene rings is 2. The number of nitrogens with zero attached hydrogens (tertiary/aromatic N) is 1. The van der Waals surface area contributed by atoms with Crippen molar-refractivity contribution in [3.05, 3.63) is 76.5 Å². The van der Waals surface area contributed by atoms with Crippen molar-refractivity contribution in [1.29, 1.82) is 0 Å². The highest BCUT2D eigenvalue weighted by Gasteiger charge is 2.32. The van der Waals surface area contributed by atoms with Gasteiger partial charge >= 0.3 is 0 Å². The third-order valence-corrected chi connectivity index (χ3v) is 5.19. The van der Waals surface area contributed by atoms with E-state index < -0.39 is 17.8 Å². The SMILES string of the molecule is CC/C=C(/CC(=O)N(c1ccccc1C)C(C(N)=O)c1cccc(F)c1)SC. The van der Waals surface area contributed by atoms with E-state index in [1.165, 1.54) is 34.9 Å². The normalized spacial score (nSPS) is 12.5. The van der Waals surface area contributed by atoms with Crippen molar-refractivity contribution in [2.45, 2.75) is 32.7 Å². The van der Waals surface area contributed by atoms with E-state index in [2.05, 4.69) is 0 Å². The molecule has 2 N–H and O–H groups in total. The van der Waals surface area contributed by atoms with E-state index in [0.29, 0.717) is 11.3 Å². The molecule has 1 unspecified atom stereocenters. The van der Waals surface area contributed by atoms with Crippen LogP contribution in [-0.2, 0) is 9.59 Å². The van der Waals surface area contributed by atoms with Crippen molar-refractivity contribution in [3.8, 4) is 0 Å². The van der Waals surface area contributed by atoms with Gasteiger partial charge in [-0.1, -0.05) is 43.3 Å². The second-order valence-electron chi connectivity index (χ2n) is 6.37. The summed E-state index contributed by atoms with van der Waals surface area (Å²) in [6, 6.07) is 11.8. The van der Waals surface area contributed by atoms with Crippen molar-refractivity contribution in [2.24, 2.45) is 5.73 Å². The number of hydrogen-bond donors (Lipinski definition) is 1. The van der Waals surface area contributed by atoms with Crippen LogP contribution in [0.2, 0.25) is 0 Å². The third-order valence-electron chi connectivity index (χ3n) is 4.36. The van der Waals surface area contributed by atoms with E-state index >= 15 is 0 Å². The molecule has 2 rings (SSSR count). The van der Waals surface area contributed by atoms with Crippen LogP contribution in [-0.4, -0.2) is 18.1 Å². The summed E-state index contributed by atoms with van der Waals surface area (Å²) in [7, 11) is 0. The van der Waals surface area contributed by atoms with Gasteiger partial charge in [-0.05, 0) is 53.8 Å². The average molecular weight is 401 g/mol. The number of anilines is 1. The van der Waals surface area contributed by atoms with Gasteiger partial charge in [0.05, 0.1) is 6.42 Å². The lowest BCUT2D eigenvalue weighted by atomic mass is 10.0. The molecular formula is C22H25FN2O2S. The number of rotatable bonds is 8. The Bertz CT molecular complexity index is 882. The number of hydrogen-bond acceptors (Lipinski definition) is 3. The predicted molar refractivity (Wildman–Crippen MR) is 114 cm³/mol. The minimum Gasteiger partial charge on any atom is -0.368 e. The zero-order valence-corrected chi connectivity index (χ0v) is 17.1. The molecule has 6 heteroatoms. The summed E-state index contributed by atoms with van der Waals surface area (Å²) in [5, 5.41) is 0. The molecule has 0 aromatic heterocycles. The Labute approximate surface area is 169 Å². The van der Waals surface area contributed by atoms with E-state index in [4.69, 9.17) is 5.73 Å². The number of carbonyl (C=O) groups is 2. The highest BCUT2D eigenvalue weighted by atomic mass is 32.2.